The zero-order chi connectivity index (χ0) is 13.9. The molecule has 106 valence electrons. The monoisotopic (exact) mass is 285 g/mol. The summed E-state index contributed by atoms with van der Waals surface area (Å²) in [5.74, 6) is 0.807. The van der Waals surface area contributed by atoms with E-state index in [-0.39, 0.29) is 0 Å². The third-order valence-corrected chi connectivity index (χ3v) is 5.48. The summed E-state index contributed by atoms with van der Waals surface area (Å²) in [6.07, 6.45) is 4.14. The van der Waals surface area contributed by atoms with E-state index in [2.05, 4.69) is 54.9 Å². The van der Waals surface area contributed by atoms with E-state index in [4.69, 9.17) is 0 Å². The van der Waals surface area contributed by atoms with Crippen LogP contribution in [0.15, 0.2) is 35.7 Å². The second-order valence-electron chi connectivity index (χ2n) is 5.76. The molecule has 1 heterocycles. The Balaban J connectivity index is 1.93. The summed E-state index contributed by atoms with van der Waals surface area (Å²) in [4.78, 5) is 1.46. The molecule has 0 spiro atoms. The molecule has 0 amide bonds. The quantitative estimate of drug-likeness (QED) is 0.813. The summed E-state index contributed by atoms with van der Waals surface area (Å²) in [5, 5.41) is 5.85. The Bertz CT molecular complexity index is 568. The Morgan fingerprint density at radius 3 is 2.75 bits per heavy atom. The highest BCUT2D eigenvalue weighted by Crippen LogP contribution is 2.38. The Hall–Kier alpha value is -1.12. The van der Waals surface area contributed by atoms with Crippen LogP contribution < -0.4 is 5.32 Å². The second kappa shape index (κ2) is 6.11. The molecule has 1 aromatic heterocycles. The molecule has 0 radical (unpaired) electrons. The number of rotatable bonds is 5. The van der Waals surface area contributed by atoms with Crippen LogP contribution in [-0.4, -0.2) is 6.54 Å². The number of aryl methyl sites for hydroxylation is 1. The Morgan fingerprint density at radius 2 is 2.15 bits per heavy atom. The van der Waals surface area contributed by atoms with E-state index in [1.54, 1.807) is 0 Å². The van der Waals surface area contributed by atoms with Gasteiger partial charge in [0.05, 0.1) is 6.04 Å². The highest BCUT2D eigenvalue weighted by molar-refractivity contribution is 7.10. The van der Waals surface area contributed by atoms with Crippen molar-refractivity contribution < 1.29 is 0 Å². The molecular formula is C18H23NS. The molecule has 1 aliphatic carbocycles. The Morgan fingerprint density at radius 1 is 1.30 bits per heavy atom. The van der Waals surface area contributed by atoms with Crippen molar-refractivity contribution in [1.82, 2.24) is 5.32 Å². The molecule has 1 aromatic carbocycles. The van der Waals surface area contributed by atoms with Crippen molar-refractivity contribution in [3.63, 3.8) is 0 Å². The average molecular weight is 285 g/mol. The molecule has 1 saturated carbocycles. The second-order valence-corrected chi connectivity index (χ2v) is 6.70. The van der Waals surface area contributed by atoms with Gasteiger partial charge in [-0.1, -0.05) is 37.6 Å². The predicted molar refractivity (Wildman–Crippen MR) is 87.6 cm³/mol. The first-order valence-electron chi connectivity index (χ1n) is 7.67. The zero-order valence-electron chi connectivity index (χ0n) is 12.4. The molecule has 1 unspecified atom stereocenters. The van der Waals surface area contributed by atoms with Gasteiger partial charge in [-0.2, -0.15) is 0 Å². The third kappa shape index (κ3) is 2.68. The minimum Gasteiger partial charge on any atom is -0.306 e. The summed E-state index contributed by atoms with van der Waals surface area (Å²) in [6, 6.07) is 11.8. The summed E-state index contributed by atoms with van der Waals surface area (Å²) in [5.41, 5.74) is 4.35. The van der Waals surface area contributed by atoms with Crippen molar-refractivity contribution in [2.24, 2.45) is 0 Å². The molecule has 3 rings (SSSR count). The molecule has 1 aliphatic rings. The minimum atomic E-state index is 0.347. The van der Waals surface area contributed by atoms with Crippen LogP contribution in [0.2, 0.25) is 0 Å². The van der Waals surface area contributed by atoms with E-state index in [0.717, 1.165) is 12.5 Å². The zero-order valence-corrected chi connectivity index (χ0v) is 13.2. The fourth-order valence-electron chi connectivity index (χ4n) is 2.98. The predicted octanol–water partition coefficient (Wildman–Crippen LogP) is 5.02. The van der Waals surface area contributed by atoms with Gasteiger partial charge in [0.1, 0.15) is 0 Å². The van der Waals surface area contributed by atoms with Crippen molar-refractivity contribution >= 4 is 11.3 Å². The maximum absolute atomic E-state index is 3.65. The number of hydrogen-bond donors (Lipinski definition) is 1. The summed E-state index contributed by atoms with van der Waals surface area (Å²) in [7, 11) is 0. The van der Waals surface area contributed by atoms with Crippen LogP contribution in [0.1, 0.15) is 59.7 Å². The van der Waals surface area contributed by atoms with Crippen LogP contribution in [0, 0.1) is 6.92 Å². The summed E-state index contributed by atoms with van der Waals surface area (Å²) in [6.45, 7) is 5.40. The van der Waals surface area contributed by atoms with Gasteiger partial charge in [-0.3, -0.25) is 0 Å². The van der Waals surface area contributed by atoms with Crippen molar-refractivity contribution in [3.05, 3.63) is 57.3 Å². The molecule has 2 heteroatoms. The van der Waals surface area contributed by atoms with Crippen LogP contribution in [0.5, 0.6) is 0 Å². The van der Waals surface area contributed by atoms with Crippen molar-refractivity contribution in [3.8, 4) is 0 Å². The van der Waals surface area contributed by atoms with Gasteiger partial charge in [-0.05, 0) is 60.4 Å². The number of hydrogen-bond acceptors (Lipinski definition) is 2. The standard InChI is InChI=1S/C18H23NS/c1-3-19-17(18-13(2)10-11-20-18)16-9-5-8-15(12-16)14-6-4-7-14/h5,8-12,14,17,19H,3-4,6-7H2,1-2H3. The average Bonchev–Trinajstić information content (AvgIpc) is 2.80. The summed E-state index contributed by atoms with van der Waals surface area (Å²) >= 11 is 1.86. The fraction of sp³-hybridized carbons (Fsp3) is 0.444. The van der Waals surface area contributed by atoms with E-state index in [1.807, 2.05) is 11.3 Å². The van der Waals surface area contributed by atoms with Crippen molar-refractivity contribution in [1.29, 1.82) is 0 Å². The van der Waals surface area contributed by atoms with Crippen LogP contribution in [-0.2, 0) is 0 Å². The molecule has 1 N–H and O–H groups in total. The first-order valence-corrected chi connectivity index (χ1v) is 8.54. The molecule has 0 aliphatic heterocycles. The minimum absolute atomic E-state index is 0.347. The number of benzene rings is 1. The van der Waals surface area contributed by atoms with E-state index >= 15 is 0 Å². The SMILES string of the molecule is CCNC(c1cccc(C2CCC2)c1)c1sccc1C. The molecule has 0 bridgehead atoms. The van der Waals surface area contributed by atoms with Crippen LogP contribution >= 0.6 is 11.3 Å². The smallest absolute Gasteiger partial charge is 0.0673 e. The van der Waals surface area contributed by atoms with Gasteiger partial charge in [0, 0.05) is 4.88 Å². The molecule has 1 fully saturated rings. The largest absolute Gasteiger partial charge is 0.306 e. The molecule has 1 nitrogen and oxygen atoms in total. The van der Waals surface area contributed by atoms with Gasteiger partial charge >= 0.3 is 0 Å². The number of nitrogens with one attached hydrogen (secondary N) is 1. The lowest BCUT2D eigenvalue weighted by molar-refractivity contribution is 0.419. The normalized spacial score (nSPS) is 16.9. The lowest BCUT2D eigenvalue weighted by Crippen LogP contribution is -2.22. The van der Waals surface area contributed by atoms with Gasteiger partial charge in [0.2, 0.25) is 0 Å². The lowest BCUT2D eigenvalue weighted by atomic mass is 9.79. The van der Waals surface area contributed by atoms with Gasteiger partial charge in [0.25, 0.3) is 0 Å². The highest BCUT2D eigenvalue weighted by atomic mass is 32.1. The highest BCUT2D eigenvalue weighted by Gasteiger charge is 2.22. The van der Waals surface area contributed by atoms with Gasteiger partial charge in [-0.15, -0.1) is 11.3 Å². The van der Waals surface area contributed by atoms with E-state index in [0.29, 0.717) is 6.04 Å². The topological polar surface area (TPSA) is 12.0 Å². The lowest BCUT2D eigenvalue weighted by Gasteiger charge is -2.27. The maximum Gasteiger partial charge on any atom is 0.0673 e. The van der Waals surface area contributed by atoms with Gasteiger partial charge in [0.15, 0.2) is 0 Å². The molecule has 20 heavy (non-hydrogen) atoms. The van der Waals surface area contributed by atoms with Crippen LogP contribution in [0.25, 0.3) is 0 Å². The fourth-order valence-corrected chi connectivity index (χ4v) is 4.01. The molecule has 1 atom stereocenters. The van der Waals surface area contributed by atoms with Gasteiger partial charge < -0.3 is 5.32 Å². The molecule has 0 saturated heterocycles. The first-order chi connectivity index (χ1) is 9.79. The molecular weight excluding hydrogens is 262 g/mol. The first kappa shape index (κ1) is 13.8. The van der Waals surface area contributed by atoms with Crippen LogP contribution in [0.3, 0.4) is 0 Å². The maximum atomic E-state index is 3.65. The van der Waals surface area contributed by atoms with Crippen LogP contribution in [0.4, 0.5) is 0 Å². The van der Waals surface area contributed by atoms with E-state index in [1.165, 1.54) is 40.8 Å². The van der Waals surface area contributed by atoms with E-state index in [9.17, 15) is 0 Å². The van der Waals surface area contributed by atoms with Crippen molar-refractivity contribution in [2.75, 3.05) is 6.54 Å². The van der Waals surface area contributed by atoms with Crippen molar-refractivity contribution in [2.45, 2.75) is 45.1 Å². The summed E-state index contributed by atoms with van der Waals surface area (Å²) < 4.78 is 0. The number of thiophene rings is 1. The van der Waals surface area contributed by atoms with Gasteiger partial charge in [-0.25, -0.2) is 0 Å². The third-order valence-electron chi connectivity index (χ3n) is 4.39. The Kier molecular flexibility index (Phi) is 4.23. The van der Waals surface area contributed by atoms with E-state index < -0.39 is 0 Å². The molecule has 2 aromatic rings. The Labute approximate surface area is 126 Å².